The van der Waals surface area contributed by atoms with Crippen molar-refractivity contribution in [2.75, 3.05) is 23.9 Å². The number of likely N-dealkylation sites (tertiary alicyclic amines) is 1. The Kier molecular flexibility index (Phi) is 6.33. The Bertz CT molecular complexity index is 1500. The Hall–Kier alpha value is -3.96. The number of fused-ring (bicyclic) bond motifs is 1. The number of rotatable bonds is 5. The van der Waals surface area contributed by atoms with E-state index in [1.807, 2.05) is 58.2 Å². The quantitative estimate of drug-likeness (QED) is 0.370. The molecule has 1 amide bonds. The molecule has 0 aliphatic carbocycles. The van der Waals surface area contributed by atoms with E-state index in [1.165, 1.54) is 0 Å². The maximum absolute atomic E-state index is 13.0. The van der Waals surface area contributed by atoms with Crippen LogP contribution in [0.25, 0.3) is 16.8 Å². The van der Waals surface area contributed by atoms with Gasteiger partial charge in [-0.15, -0.1) is 11.8 Å². The highest BCUT2D eigenvalue weighted by molar-refractivity contribution is 7.99. The molecule has 1 atom stereocenters. The van der Waals surface area contributed by atoms with Gasteiger partial charge >= 0.3 is 0 Å². The van der Waals surface area contributed by atoms with Crippen molar-refractivity contribution in [2.24, 2.45) is 0 Å². The Balaban J connectivity index is 1.64. The van der Waals surface area contributed by atoms with Crippen LogP contribution in [-0.2, 0) is 9.67 Å². The SMILES string of the molecule is CC#CC(=O)N1CCC[C@@]1(SC)c1nc(-c2ccc(Nc3ccccc3)c(C)c2)c2c(N)nccn12. The summed E-state index contributed by atoms with van der Waals surface area (Å²) in [5.74, 6) is 6.45. The Labute approximate surface area is 215 Å². The van der Waals surface area contributed by atoms with E-state index < -0.39 is 4.87 Å². The number of thioether (sulfide) groups is 1. The molecule has 3 N–H and O–H groups in total. The molecular formula is C28H28N6OS. The third-order valence-corrected chi connectivity index (χ3v) is 7.92. The van der Waals surface area contributed by atoms with Crippen LogP contribution in [0.5, 0.6) is 0 Å². The fourth-order valence-electron chi connectivity index (χ4n) is 4.94. The van der Waals surface area contributed by atoms with Gasteiger partial charge in [0.1, 0.15) is 21.9 Å². The summed E-state index contributed by atoms with van der Waals surface area (Å²) in [7, 11) is 0. The molecule has 1 aliphatic rings. The number of hydrogen-bond acceptors (Lipinski definition) is 6. The minimum absolute atomic E-state index is 0.183. The van der Waals surface area contributed by atoms with Gasteiger partial charge in [0, 0.05) is 35.9 Å². The number of nitrogens with one attached hydrogen (secondary N) is 1. The molecule has 182 valence electrons. The molecule has 1 fully saturated rings. The van der Waals surface area contributed by atoms with Crippen LogP contribution in [-0.4, -0.2) is 38.0 Å². The first-order valence-corrected chi connectivity index (χ1v) is 13.1. The summed E-state index contributed by atoms with van der Waals surface area (Å²) >= 11 is 1.61. The first kappa shape index (κ1) is 23.8. The van der Waals surface area contributed by atoms with Gasteiger partial charge in [-0.1, -0.05) is 30.2 Å². The Morgan fingerprint density at radius 1 is 1.22 bits per heavy atom. The lowest BCUT2D eigenvalue weighted by atomic mass is 10.1. The molecule has 2 aromatic heterocycles. The predicted molar refractivity (Wildman–Crippen MR) is 147 cm³/mol. The van der Waals surface area contributed by atoms with Gasteiger partial charge in [-0.2, -0.15) is 0 Å². The zero-order chi connectivity index (χ0) is 25.3. The van der Waals surface area contributed by atoms with Crippen LogP contribution >= 0.6 is 11.8 Å². The van der Waals surface area contributed by atoms with Crippen molar-refractivity contribution in [1.29, 1.82) is 0 Å². The summed E-state index contributed by atoms with van der Waals surface area (Å²) in [5, 5.41) is 3.47. The monoisotopic (exact) mass is 496 g/mol. The Morgan fingerprint density at radius 2 is 2.03 bits per heavy atom. The fourth-order valence-corrected chi connectivity index (χ4v) is 6.01. The number of hydrogen-bond donors (Lipinski definition) is 2. The van der Waals surface area contributed by atoms with Gasteiger partial charge in [-0.3, -0.25) is 9.20 Å². The van der Waals surface area contributed by atoms with E-state index >= 15 is 0 Å². The number of carbonyl (C=O) groups excluding carboxylic acids is 1. The molecule has 5 rings (SSSR count). The average molecular weight is 497 g/mol. The highest BCUT2D eigenvalue weighted by atomic mass is 32.2. The van der Waals surface area contributed by atoms with Crippen LogP contribution in [0.4, 0.5) is 17.2 Å². The third kappa shape index (κ3) is 3.95. The Morgan fingerprint density at radius 3 is 2.75 bits per heavy atom. The third-order valence-electron chi connectivity index (χ3n) is 6.63. The number of amides is 1. The molecule has 36 heavy (non-hydrogen) atoms. The van der Waals surface area contributed by atoms with Crippen molar-refractivity contribution >= 4 is 40.4 Å². The van der Waals surface area contributed by atoms with Crippen molar-refractivity contribution in [3.05, 3.63) is 72.3 Å². The predicted octanol–water partition coefficient (Wildman–Crippen LogP) is 5.19. The normalized spacial score (nSPS) is 17.1. The van der Waals surface area contributed by atoms with Crippen LogP contribution in [0.15, 0.2) is 60.9 Å². The molecular weight excluding hydrogens is 468 g/mol. The first-order valence-electron chi connectivity index (χ1n) is 11.8. The fraction of sp³-hybridized carbons (Fsp3) is 0.250. The summed E-state index contributed by atoms with van der Waals surface area (Å²) in [6.45, 7) is 4.39. The molecule has 3 heterocycles. The molecule has 1 aliphatic heterocycles. The maximum atomic E-state index is 13.0. The van der Waals surface area contributed by atoms with Gasteiger partial charge in [-0.25, -0.2) is 9.97 Å². The number of para-hydroxylation sites is 1. The van der Waals surface area contributed by atoms with E-state index in [0.717, 1.165) is 52.4 Å². The highest BCUT2D eigenvalue weighted by Gasteiger charge is 2.48. The lowest BCUT2D eigenvalue weighted by molar-refractivity contribution is -0.127. The second kappa shape index (κ2) is 9.59. The molecule has 2 aromatic carbocycles. The molecule has 7 nitrogen and oxygen atoms in total. The van der Waals surface area contributed by atoms with Crippen LogP contribution in [0.2, 0.25) is 0 Å². The van der Waals surface area contributed by atoms with Gasteiger partial charge < -0.3 is 16.0 Å². The maximum Gasteiger partial charge on any atom is 0.299 e. The second-order valence-corrected chi connectivity index (χ2v) is 9.84. The molecule has 1 saturated heterocycles. The minimum Gasteiger partial charge on any atom is -0.382 e. The van der Waals surface area contributed by atoms with Crippen molar-refractivity contribution in [3.8, 4) is 23.1 Å². The molecule has 4 aromatic rings. The van der Waals surface area contributed by atoms with Gasteiger partial charge in [0.15, 0.2) is 5.82 Å². The lowest BCUT2D eigenvalue weighted by Gasteiger charge is -2.34. The molecule has 0 unspecified atom stereocenters. The van der Waals surface area contributed by atoms with E-state index in [1.54, 1.807) is 24.9 Å². The largest absolute Gasteiger partial charge is 0.382 e. The number of nitrogens with zero attached hydrogens (tertiary/aromatic N) is 4. The number of nitrogen functional groups attached to an aromatic ring is 1. The molecule has 8 heteroatoms. The number of imidazole rings is 1. The average Bonchev–Trinajstić information content (AvgIpc) is 3.50. The van der Waals surface area contributed by atoms with E-state index in [-0.39, 0.29) is 5.91 Å². The van der Waals surface area contributed by atoms with Gasteiger partial charge in [-0.05, 0) is 68.7 Å². The van der Waals surface area contributed by atoms with Gasteiger partial charge in [0.25, 0.3) is 5.91 Å². The van der Waals surface area contributed by atoms with Crippen molar-refractivity contribution < 1.29 is 4.79 Å². The molecule has 0 spiro atoms. The standard InChI is InChI=1S/C28H28N6OS/c1-4-9-23(35)34-16-8-14-28(34,36-3)27-32-24(25-26(29)30-15-17-33(25)27)20-12-13-22(19(2)18-20)31-21-10-6-5-7-11-21/h5-7,10-13,15,17-18,31H,8,14,16H2,1-3H3,(H2,29,30)/t28-/m1/s1. The zero-order valence-electron chi connectivity index (χ0n) is 20.6. The van der Waals surface area contributed by atoms with Crippen molar-refractivity contribution in [3.63, 3.8) is 0 Å². The summed E-state index contributed by atoms with van der Waals surface area (Å²) < 4.78 is 1.99. The van der Waals surface area contributed by atoms with Crippen LogP contribution in [0.3, 0.4) is 0 Å². The summed E-state index contributed by atoms with van der Waals surface area (Å²) in [6.07, 6.45) is 7.23. The second-order valence-electron chi connectivity index (χ2n) is 8.76. The van der Waals surface area contributed by atoms with E-state index in [2.05, 4.69) is 41.2 Å². The minimum atomic E-state index is -0.639. The number of carbonyl (C=O) groups is 1. The van der Waals surface area contributed by atoms with Crippen molar-refractivity contribution in [1.82, 2.24) is 19.3 Å². The summed E-state index contributed by atoms with van der Waals surface area (Å²) in [4.78, 5) is 23.7. The number of aromatic nitrogens is 3. The van der Waals surface area contributed by atoms with Gasteiger partial charge in [0.05, 0.1) is 0 Å². The summed E-state index contributed by atoms with van der Waals surface area (Å²) in [6, 6.07) is 16.3. The van der Waals surface area contributed by atoms with Crippen LogP contribution in [0, 0.1) is 18.8 Å². The van der Waals surface area contributed by atoms with Gasteiger partial charge in [0.2, 0.25) is 0 Å². The van der Waals surface area contributed by atoms with Crippen molar-refractivity contribution in [2.45, 2.75) is 31.6 Å². The number of benzene rings is 2. The van der Waals surface area contributed by atoms with Crippen LogP contribution in [0.1, 0.15) is 31.2 Å². The molecule has 0 saturated carbocycles. The topological polar surface area (TPSA) is 88.5 Å². The number of nitrogens with two attached hydrogens (primary N) is 1. The van der Waals surface area contributed by atoms with E-state index in [9.17, 15) is 4.79 Å². The number of anilines is 3. The first-order chi connectivity index (χ1) is 17.5. The smallest absolute Gasteiger partial charge is 0.299 e. The molecule has 0 radical (unpaired) electrons. The lowest BCUT2D eigenvalue weighted by Crippen LogP contribution is -2.43. The van der Waals surface area contributed by atoms with E-state index in [0.29, 0.717) is 12.4 Å². The van der Waals surface area contributed by atoms with E-state index in [4.69, 9.17) is 10.7 Å². The molecule has 0 bridgehead atoms. The zero-order valence-corrected chi connectivity index (χ0v) is 21.4. The number of aryl methyl sites for hydroxylation is 1. The summed E-state index contributed by atoms with van der Waals surface area (Å²) in [5.41, 5.74) is 12.0. The van der Waals surface area contributed by atoms with Crippen LogP contribution < -0.4 is 11.1 Å². The highest BCUT2D eigenvalue weighted by Crippen LogP contribution is 2.48.